The zero-order valence-electron chi connectivity index (χ0n) is 14.6. The van der Waals surface area contributed by atoms with Gasteiger partial charge in [-0.3, -0.25) is 9.59 Å². The summed E-state index contributed by atoms with van der Waals surface area (Å²) in [7, 11) is 0. The number of hydrogen-bond acceptors (Lipinski definition) is 4. The molecule has 2 aromatic carbocycles. The first-order valence-corrected chi connectivity index (χ1v) is 9.11. The highest BCUT2D eigenvalue weighted by molar-refractivity contribution is 9.10. The highest BCUT2D eigenvalue weighted by Crippen LogP contribution is 2.20. The van der Waals surface area contributed by atoms with Crippen LogP contribution in [-0.2, 0) is 4.79 Å². The summed E-state index contributed by atoms with van der Waals surface area (Å²) in [6.45, 7) is 2.18. The van der Waals surface area contributed by atoms with Crippen molar-refractivity contribution in [1.82, 2.24) is 20.1 Å². The van der Waals surface area contributed by atoms with Gasteiger partial charge in [0.1, 0.15) is 12.7 Å². The lowest BCUT2D eigenvalue weighted by Crippen LogP contribution is -2.27. The summed E-state index contributed by atoms with van der Waals surface area (Å²) in [4.78, 5) is 28.2. The average Bonchev–Trinajstić information content (AvgIpc) is 3.19. The maximum atomic E-state index is 12.2. The third-order valence-electron chi connectivity index (χ3n) is 3.92. The van der Waals surface area contributed by atoms with E-state index in [4.69, 9.17) is 0 Å². The molecule has 8 heteroatoms. The Kier molecular flexibility index (Phi) is 5.97. The van der Waals surface area contributed by atoms with E-state index in [0.717, 1.165) is 21.4 Å². The molecule has 2 amide bonds. The SMILES string of the molecule is Cc1ccc(Br)cc1NC(=O)CCNC(=O)c1ccc(-n2cncn2)cc1. The predicted octanol–water partition coefficient (Wildman–Crippen LogP) is 3.10. The summed E-state index contributed by atoms with van der Waals surface area (Å²) in [6, 6.07) is 12.7. The van der Waals surface area contributed by atoms with Gasteiger partial charge < -0.3 is 10.6 Å². The number of nitrogens with zero attached hydrogens (tertiary/aromatic N) is 3. The van der Waals surface area contributed by atoms with Gasteiger partial charge >= 0.3 is 0 Å². The van der Waals surface area contributed by atoms with Crippen LogP contribution < -0.4 is 10.6 Å². The number of carbonyl (C=O) groups is 2. The Balaban J connectivity index is 1.49. The number of halogens is 1. The number of hydrogen-bond donors (Lipinski definition) is 2. The van der Waals surface area contributed by atoms with Gasteiger partial charge in [0.2, 0.25) is 5.91 Å². The molecule has 0 aliphatic rings. The van der Waals surface area contributed by atoms with E-state index in [1.807, 2.05) is 25.1 Å². The Morgan fingerprint density at radius 3 is 2.63 bits per heavy atom. The normalized spacial score (nSPS) is 10.4. The van der Waals surface area contributed by atoms with Gasteiger partial charge in [0.05, 0.1) is 5.69 Å². The fourth-order valence-electron chi connectivity index (χ4n) is 2.44. The first-order valence-electron chi connectivity index (χ1n) is 8.32. The quantitative estimate of drug-likeness (QED) is 0.632. The minimum atomic E-state index is -0.230. The van der Waals surface area contributed by atoms with Crippen LogP contribution in [-0.4, -0.2) is 33.1 Å². The minimum Gasteiger partial charge on any atom is -0.352 e. The molecule has 138 valence electrons. The summed E-state index contributed by atoms with van der Waals surface area (Å²) in [5.74, 6) is -0.385. The molecule has 2 N–H and O–H groups in total. The molecule has 0 unspecified atom stereocenters. The molecule has 0 saturated carbocycles. The van der Waals surface area contributed by atoms with Gasteiger partial charge in [-0.2, -0.15) is 5.10 Å². The van der Waals surface area contributed by atoms with E-state index in [-0.39, 0.29) is 24.8 Å². The smallest absolute Gasteiger partial charge is 0.251 e. The van der Waals surface area contributed by atoms with Crippen molar-refractivity contribution >= 4 is 33.4 Å². The summed E-state index contributed by atoms with van der Waals surface area (Å²) in [5, 5.41) is 9.64. The van der Waals surface area contributed by atoms with Crippen LogP contribution in [0.1, 0.15) is 22.3 Å². The van der Waals surface area contributed by atoms with Gasteiger partial charge in [0.15, 0.2) is 0 Å². The molecule has 0 aliphatic heterocycles. The van der Waals surface area contributed by atoms with Crippen molar-refractivity contribution in [1.29, 1.82) is 0 Å². The first kappa shape index (κ1) is 18.8. The fraction of sp³-hybridized carbons (Fsp3) is 0.158. The van der Waals surface area contributed by atoms with Crippen LogP contribution >= 0.6 is 15.9 Å². The lowest BCUT2D eigenvalue weighted by molar-refractivity contribution is -0.116. The van der Waals surface area contributed by atoms with Crippen LogP contribution in [0.15, 0.2) is 59.6 Å². The molecule has 0 radical (unpaired) electrons. The van der Waals surface area contributed by atoms with E-state index < -0.39 is 0 Å². The average molecular weight is 428 g/mol. The summed E-state index contributed by atoms with van der Waals surface area (Å²) in [5.41, 5.74) is 3.06. The number of rotatable bonds is 6. The van der Waals surface area contributed by atoms with E-state index >= 15 is 0 Å². The maximum Gasteiger partial charge on any atom is 0.251 e. The van der Waals surface area contributed by atoms with Crippen molar-refractivity contribution in [2.24, 2.45) is 0 Å². The molecule has 0 bridgehead atoms. The highest BCUT2D eigenvalue weighted by atomic mass is 79.9. The highest BCUT2D eigenvalue weighted by Gasteiger charge is 2.09. The van der Waals surface area contributed by atoms with E-state index in [1.165, 1.54) is 6.33 Å². The second kappa shape index (κ2) is 8.59. The van der Waals surface area contributed by atoms with Crippen LogP contribution in [0, 0.1) is 6.92 Å². The molecule has 7 nitrogen and oxygen atoms in total. The molecule has 27 heavy (non-hydrogen) atoms. The lowest BCUT2D eigenvalue weighted by Gasteiger charge is -2.10. The second-order valence-corrected chi connectivity index (χ2v) is 6.82. The van der Waals surface area contributed by atoms with E-state index in [0.29, 0.717) is 5.56 Å². The van der Waals surface area contributed by atoms with Crippen molar-refractivity contribution in [3.8, 4) is 5.69 Å². The van der Waals surface area contributed by atoms with Gasteiger partial charge in [0, 0.05) is 28.7 Å². The fourth-order valence-corrected chi connectivity index (χ4v) is 2.80. The molecule has 0 fully saturated rings. The van der Waals surface area contributed by atoms with Gasteiger partial charge in [0.25, 0.3) is 5.91 Å². The Morgan fingerprint density at radius 2 is 1.93 bits per heavy atom. The first-order chi connectivity index (χ1) is 13.0. The van der Waals surface area contributed by atoms with Crippen molar-refractivity contribution in [3.63, 3.8) is 0 Å². The molecule has 3 rings (SSSR count). The number of aryl methyl sites for hydroxylation is 1. The number of anilines is 1. The second-order valence-electron chi connectivity index (χ2n) is 5.90. The van der Waals surface area contributed by atoms with Crippen LogP contribution in [0.4, 0.5) is 5.69 Å². The number of benzene rings is 2. The zero-order valence-corrected chi connectivity index (χ0v) is 16.2. The number of amides is 2. The van der Waals surface area contributed by atoms with Crippen molar-refractivity contribution < 1.29 is 9.59 Å². The molecule has 0 saturated heterocycles. The molecule has 1 heterocycles. The molecule has 1 aromatic heterocycles. The number of nitrogens with one attached hydrogen (secondary N) is 2. The van der Waals surface area contributed by atoms with Gasteiger partial charge in [-0.1, -0.05) is 22.0 Å². The third kappa shape index (κ3) is 5.01. The summed E-state index contributed by atoms with van der Waals surface area (Å²) < 4.78 is 2.50. The largest absolute Gasteiger partial charge is 0.352 e. The monoisotopic (exact) mass is 427 g/mol. The Bertz CT molecular complexity index is 939. The molecule has 0 atom stereocenters. The van der Waals surface area contributed by atoms with Crippen LogP contribution in [0.3, 0.4) is 0 Å². The van der Waals surface area contributed by atoms with Crippen LogP contribution in [0.25, 0.3) is 5.69 Å². The summed E-state index contributed by atoms with van der Waals surface area (Å²) in [6.07, 6.45) is 3.22. The maximum absolute atomic E-state index is 12.2. The van der Waals surface area contributed by atoms with Crippen molar-refractivity contribution in [2.75, 3.05) is 11.9 Å². The Labute approximate surface area is 164 Å². The van der Waals surface area contributed by atoms with Gasteiger partial charge in [-0.15, -0.1) is 0 Å². The van der Waals surface area contributed by atoms with Gasteiger partial charge in [-0.05, 0) is 48.9 Å². The topological polar surface area (TPSA) is 88.9 Å². The van der Waals surface area contributed by atoms with E-state index in [2.05, 4.69) is 36.6 Å². The van der Waals surface area contributed by atoms with Gasteiger partial charge in [-0.25, -0.2) is 9.67 Å². The predicted molar refractivity (Wildman–Crippen MR) is 106 cm³/mol. The van der Waals surface area contributed by atoms with Crippen molar-refractivity contribution in [2.45, 2.75) is 13.3 Å². The van der Waals surface area contributed by atoms with E-state index in [1.54, 1.807) is 35.3 Å². The van der Waals surface area contributed by atoms with Crippen LogP contribution in [0.5, 0.6) is 0 Å². The standard InChI is InChI=1S/C19H18BrN5O2/c1-13-2-5-15(20)10-17(13)24-18(26)8-9-22-19(27)14-3-6-16(7-4-14)25-12-21-11-23-25/h2-7,10-12H,8-9H2,1H3,(H,22,27)(H,24,26). The Morgan fingerprint density at radius 1 is 1.15 bits per heavy atom. The third-order valence-corrected chi connectivity index (χ3v) is 4.42. The van der Waals surface area contributed by atoms with Crippen LogP contribution in [0.2, 0.25) is 0 Å². The molecule has 3 aromatic rings. The minimum absolute atomic E-state index is 0.155. The van der Waals surface area contributed by atoms with E-state index in [9.17, 15) is 9.59 Å². The number of aromatic nitrogens is 3. The summed E-state index contributed by atoms with van der Waals surface area (Å²) >= 11 is 3.38. The molecule has 0 aliphatic carbocycles. The number of carbonyl (C=O) groups excluding carboxylic acids is 2. The molecular weight excluding hydrogens is 410 g/mol. The lowest BCUT2D eigenvalue weighted by atomic mass is 10.2. The zero-order chi connectivity index (χ0) is 19.2. The van der Waals surface area contributed by atoms with Crippen molar-refractivity contribution in [3.05, 3.63) is 70.7 Å². The Hall–Kier alpha value is -3.00. The molecular formula is C19H18BrN5O2. The molecule has 0 spiro atoms.